The fraction of sp³-hybridized carbons (Fsp3) is 0.545. The molecule has 0 aromatic carbocycles. The molecule has 0 aliphatic carbocycles. The zero-order valence-electron chi connectivity index (χ0n) is 11.8. The minimum Gasteiger partial charge on any atom is -0.463 e. The molecule has 0 aromatic rings. The smallest absolute Gasteiger partial charge is 0.352 e. The molecule has 0 saturated heterocycles. The number of ether oxygens (including phenoxy) is 2. The van der Waals surface area contributed by atoms with Gasteiger partial charge in [0.1, 0.15) is 0 Å². The second kappa shape index (κ2) is 9.37. The van der Waals surface area contributed by atoms with Gasteiger partial charge in [-0.15, -0.1) is 0 Å². The van der Waals surface area contributed by atoms with Gasteiger partial charge in [-0.1, -0.05) is 0 Å². The first kappa shape index (κ1) is 19.4. The number of nitrogens with one attached hydrogen (secondary N) is 1. The number of alkyl halides is 2. The number of carbonyl (C=O) groups excluding carboxylic acids is 4. The molecule has 1 aliphatic heterocycles. The molecule has 0 radical (unpaired) electrons. The van der Waals surface area contributed by atoms with Crippen LogP contribution < -0.4 is 11.1 Å². The van der Waals surface area contributed by atoms with Crippen LogP contribution in [0.4, 0.5) is 8.78 Å². The van der Waals surface area contributed by atoms with Gasteiger partial charge in [-0.05, 0) is 13.8 Å². The molecule has 1 unspecified atom stereocenters. The summed E-state index contributed by atoms with van der Waals surface area (Å²) in [5, 5.41) is 1.85. The summed E-state index contributed by atoms with van der Waals surface area (Å²) >= 11 is 0. The Bertz CT molecular complexity index is 464. The first-order chi connectivity index (χ1) is 10.2. The van der Waals surface area contributed by atoms with E-state index in [1.54, 1.807) is 0 Å². The summed E-state index contributed by atoms with van der Waals surface area (Å²) in [5.74, 6) is -4.96. The number of aliphatic imine (C=N–C) groups is 1. The van der Waals surface area contributed by atoms with Crippen LogP contribution >= 0.6 is 0 Å². The highest BCUT2D eigenvalue weighted by molar-refractivity contribution is 6.16. The number of guanidine groups is 1. The molecule has 1 rings (SSSR count). The van der Waals surface area contributed by atoms with Crippen LogP contribution in [0.3, 0.4) is 0 Å². The van der Waals surface area contributed by atoms with Crippen LogP contribution in [-0.4, -0.2) is 55.3 Å². The summed E-state index contributed by atoms with van der Waals surface area (Å²) in [4.78, 5) is 44.7. The largest absolute Gasteiger partial charge is 0.463 e. The van der Waals surface area contributed by atoms with Gasteiger partial charge >= 0.3 is 11.9 Å². The van der Waals surface area contributed by atoms with E-state index in [0.717, 1.165) is 0 Å². The first-order valence-electron chi connectivity index (χ1n) is 6.04. The van der Waals surface area contributed by atoms with Crippen molar-refractivity contribution >= 4 is 29.7 Å². The van der Waals surface area contributed by atoms with Crippen LogP contribution in [0, 0.1) is 0 Å². The zero-order chi connectivity index (χ0) is 17.3. The number of nitrogens with zero attached hydrogens (tertiary/aromatic N) is 1. The van der Waals surface area contributed by atoms with Gasteiger partial charge in [0.15, 0.2) is 0 Å². The Balaban J connectivity index is 0.000000406. The lowest BCUT2D eigenvalue weighted by atomic mass is 10.3. The van der Waals surface area contributed by atoms with E-state index in [9.17, 15) is 28.0 Å². The fourth-order valence-electron chi connectivity index (χ4n) is 1.03. The first-order valence-corrected chi connectivity index (χ1v) is 6.04. The van der Waals surface area contributed by atoms with Crippen molar-refractivity contribution in [3.05, 3.63) is 0 Å². The SMILES string of the molecule is CCOC(=O)C(F)C(=O)OCC.NC1=NC(=O)C(F)C(=O)N1. The third-order valence-electron chi connectivity index (χ3n) is 1.92. The molecule has 1 aliphatic rings. The van der Waals surface area contributed by atoms with Crippen molar-refractivity contribution in [1.29, 1.82) is 0 Å². The molecule has 1 atom stereocenters. The summed E-state index contributed by atoms with van der Waals surface area (Å²) in [6.07, 6.45) is -4.52. The monoisotopic (exact) mass is 323 g/mol. The molecule has 9 nitrogen and oxygen atoms in total. The van der Waals surface area contributed by atoms with Crippen molar-refractivity contribution in [1.82, 2.24) is 5.32 Å². The van der Waals surface area contributed by atoms with Crippen molar-refractivity contribution in [3.8, 4) is 0 Å². The van der Waals surface area contributed by atoms with Gasteiger partial charge in [0.25, 0.3) is 24.2 Å². The van der Waals surface area contributed by atoms with E-state index in [2.05, 4.69) is 14.5 Å². The molecule has 11 heteroatoms. The Morgan fingerprint density at radius 1 is 1.27 bits per heavy atom. The standard InChI is InChI=1S/C7H11FO4.C4H4FN3O2/c1-3-11-6(9)5(8)7(10)12-4-2;5-1-2(9)7-4(6)8-3(1)10/h5H,3-4H2,1-2H3;1H,(H3,6,7,8,9,10). The van der Waals surface area contributed by atoms with Gasteiger partial charge in [-0.3, -0.25) is 14.9 Å². The van der Waals surface area contributed by atoms with Gasteiger partial charge in [0, 0.05) is 0 Å². The van der Waals surface area contributed by atoms with Crippen LogP contribution in [0.5, 0.6) is 0 Å². The minimum atomic E-state index is -2.31. The number of hydrogen-bond donors (Lipinski definition) is 2. The molecule has 2 amide bonds. The molecule has 0 saturated carbocycles. The average molecular weight is 323 g/mol. The van der Waals surface area contributed by atoms with Crippen LogP contribution in [0.1, 0.15) is 13.8 Å². The van der Waals surface area contributed by atoms with Gasteiger partial charge < -0.3 is 15.2 Å². The Kier molecular flexibility index (Phi) is 8.26. The lowest BCUT2D eigenvalue weighted by Gasteiger charge is -2.10. The quantitative estimate of drug-likeness (QED) is 0.487. The average Bonchev–Trinajstić information content (AvgIpc) is 2.45. The maximum atomic E-state index is 12.6. The number of rotatable bonds is 4. The van der Waals surface area contributed by atoms with E-state index in [0.29, 0.717) is 0 Å². The molecule has 0 fully saturated rings. The lowest BCUT2D eigenvalue weighted by Crippen LogP contribution is -2.48. The molecule has 0 aromatic heterocycles. The molecule has 22 heavy (non-hydrogen) atoms. The number of esters is 2. The van der Waals surface area contributed by atoms with Crippen molar-refractivity contribution in [2.24, 2.45) is 10.7 Å². The van der Waals surface area contributed by atoms with E-state index in [1.165, 1.54) is 13.8 Å². The van der Waals surface area contributed by atoms with E-state index in [1.807, 2.05) is 5.32 Å². The molecule has 0 spiro atoms. The minimum absolute atomic E-state index is 0.0403. The van der Waals surface area contributed by atoms with E-state index in [-0.39, 0.29) is 19.2 Å². The highest BCUT2D eigenvalue weighted by atomic mass is 19.1. The van der Waals surface area contributed by atoms with Gasteiger partial charge in [-0.2, -0.15) is 4.99 Å². The van der Waals surface area contributed by atoms with Crippen molar-refractivity contribution in [2.45, 2.75) is 26.2 Å². The number of carbonyl (C=O) groups is 4. The predicted octanol–water partition coefficient (Wildman–Crippen LogP) is -1.25. The van der Waals surface area contributed by atoms with E-state index < -0.39 is 36.1 Å². The van der Waals surface area contributed by atoms with Crippen LogP contribution in [-0.2, 0) is 28.7 Å². The lowest BCUT2D eigenvalue weighted by molar-refractivity contribution is -0.163. The number of hydrogen-bond acceptors (Lipinski definition) is 7. The summed E-state index contributed by atoms with van der Waals surface area (Å²) in [5.41, 5.74) is 4.91. The second-order valence-electron chi connectivity index (χ2n) is 3.55. The topological polar surface area (TPSA) is 137 Å². The molecular weight excluding hydrogens is 308 g/mol. The highest BCUT2D eigenvalue weighted by Gasteiger charge is 2.30. The molecular formula is C11H15F2N3O6. The van der Waals surface area contributed by atoms with Crippen LogP contribution in [0.15, 0.2) is 4.99 Å². The Hall–Kier alpha value is -2.59. The summed E-state index contributed by atoms with van der Waals surface area (Å²) in [7, 11) is 0. The van der Waals surface area contributed by atoms with Crippen molar-refractivity contribution < 1.29 is 37.4 Å². The van der Waals surface area contributed by atoms with E-state index in [4.69, 9.17) is 5.73 Å². The normalized spacial score (nSPS) is 17.0. The Labute approximate surface area is 123 Å². The Morgan fingerprint density at radius 3 is 2.09 bits per heavy atom. The molecule has 0 bridgehead atoms. The highest BCUT2D eigenvalue weighted by Crippen LogP contribution is 1.98. The van der Waals surface area contributed by atoms with Crippen LogP contribution in [0.2, 0.25) is 0 Å². The third-order valence-corrected chi connectivity index (χ3v) is 1.92. The Morgan fingerprint density at radius 2 is 1.73 bits per heavy atom. The van der Waals surface area contributed by atoms with Gasteiger partial charge in [-0.25, -0.2) is 18.4 Å². The second-order valence-corrected chi connectivity index (χ2v) is 3.55. The van der Waals surface area contributed by atoms with Crippen molar-refractivity contribution in [3.63, 3.8) is 0 Å². The predicted molar refractivity (Wildman–Crippen MR) is 67.8 cm³/mol. The van der Waals surface area contributed by atoms with E-state index >= 15 is 0 Å². The molecule has 124 valence electrons. The maximum absolute atomic E-state index is 12.6. The third kappa shape index (κ3) is 6.24. The van der Waals surface area contributed by atoms with Gasteiger partial charge in [0.2, 0.25) is 5.96 Å². The summed E-state index contributed by atoms with van der Waals surface area (Å²) in [6, 6.07) is 0. The van der Waals surface area contributed by atoms with Crippen molar-refractivity contribution in [2.75, 3.05) is 13.2 Å². The molecule has 3 N–H and O–H groups in total. The van der Waals surface area contributed by atoms with Gasteiger partial charge in [0.05, 0.1) is 13.2 Å². The number of halogens is 2. The summed E-state index contributed by atoms with van der Waals surface area (Å²) < 4.78 is 33.3. The molecule has 1 heterocycles. The zero-order valence-corrected chi connectivity index (χ0v) is 11.8. The summed E-state index contributed by atoms with van der Waals surface area (Å²) in [6.45, 7) is 3.13. The number of nitrogens with two attached hydrogens (primary N) is 1. The van der Waals surface area contributed by atoms with Crippen LogP contribution in [0.25, 0.3) is 0 Å². The maximum Gasteiger partial charge on any atom is 0.352 e. The fourth-order valence-corrected chi connectivity index (χ4v) is 1.03. The number of amides is 2.